The normalized spacial score (nSPS) is 32.9. The number of hydrogen-bond donors (Lipinski definition) is 2. The van der Waals surface area contributed by atoms with Crippen molar-refractivity contribution in [3.63, 3.8) is 0 Å². The van der Waals surface area contributed by atoms with Crippen LogP contribution in [0.2, 0.25) is 0 Å². The number of aliphatic hydroxyl groups excluding tert-OH is 1. The number of nitrogens with one attached hydrogen (secondary N) is 1. The van der Waals surface area contributed by atoms with Gasteiger partial charge >= 0.3 is 0 Å². The zero-order valence-corrected chi connectivity index (χ0v) is 13.2. The number of hydrogen-bond acceptors (Lipinski definition) is 6. The highest BCUT2D eigenvalue weighted by atomic mass is 16.7. The highest BCUT2D eigenvalue weighted by Gasteiger charge is 2.47. The lowest BCUT2D eigenvalue weighted by molar-refractivity contribution is -0.272. The Labute approximate surface area is 125 Å². The van der Waals surface area contributed by atoms with Gasteiger partial charge in [-0.3, -0.25) is 4.79 Å². The summed E-state index contributed by atoms with van der Waals surface area (Å²) in [5.41, 5.74) is 0. The number of aliphatic hydroxyl groups is 1. The topological polar surface area (TPSA) is 86.2 Å². The van der Waals surface area contributed by atoms with Crippen LogP contribution in [0, 0.1) is 0 Å². The average molecular weight is 305 g/mol. The van der Waals surface area contributed by atoms with E-state index >= 15 is 0 Å². The maximum atomic E-state index is 11.3. The largest absolute Gasteiger partial charge is 0.379 e. The lowest BCUT2D eigenvalue weighted by Crippen LogP contribution is -2.65. The fraction of sp³-hybridized carbons (Fsp3) is 0.929. The molecule has 0 bridgehead atoms. The molecular formula is C14H27NO6. The fourth-order valence-corrected chi connectivity index (χ4v) is 2.46. The van der Waals surface area contributed by atoms with E-state index in [2.05, 4.69) is 5.32 Å². The maximum absolute atomic E-state index is 11.3. The second-order valence-electron chi connectivity index (χ2n) is 4.79. The van der Waals surface area contributed by atoms with Crippen LogP contribution in [-0.2, 0) is 23.7 Å². The lowest BCUT2D eigenvalue weighted by atomic mass is 9.96. The minimum absolute atomic E-state index is 0.258. The Morgan fingerprint density at radius 2 is 1.76 bits per heavy atom. The molecule has 5 atom stereocenters. The Morgan fingerprint density at radius 1 is 1.14 bits per heavy atom. The van der Waals surface area contributed by atoms with Gasteiger partial charge in [-0.1, -0.05) is 0 Å². The molecule has 0 aromatic carbocycles. The number of carbonyl (C=O) groups is 1. The predicted octanol–water partition coefficient (Wildman–Crippen LogP) is 0.0550. The molecule has 0 aromatic heterocycles. The SMILES string of the molecule is CCOCC1O[C@H](O)[C@@H](NC(C)=O)C(OCC)C1OCC. The zero-order valence-electron chi connectivity index (χ0n) is 13.2. The van der Waals surface area contributed by atoms with E-state index in [0.29, 0.717) is 26.4 Å². The summed E-state index contributed by atoms with van der Waals surface area (Å²) in [6.07, 6.45) is -2.51. The zero-order chi connectivity index (χ0) is 15.8. The lowest BCUT2D eigenvalue weighted by Gasteiger charge is -2.44. The number of carbonyl (C=O) groups excluding carboxylic acids is 1. The standard InChI is InChI=1S/C14H27NO6/c1-5-18-8-10-12(19-6-2)13(20-7-3)11(14(17)21-10)15-9(4)16/h10-14,17H,5-8H2,1-4H3,(H,15,16)/t10?,11-,12?,13?,14-/m0/s1. The van der Waals surface area contributed by atoms with Gasteiger partial charge in [0, 0.05) is 26.7 Å². The monoisotopic (exact) mass is 305 g/mol. The summed E-state index contributed by atoms with van der Waals surface area (Å²) >= 11 is 0. The first-order valence-electron chi connectivity index (χ1n) is 7.46. The molecule has 1 aliphatic heterocycles. The Morgan fingerprint density at radius 3 is 2.29 bits per heavy atom. The van der Waals surface area contributed by atoms with Gasteiger partial charge in [0.15, 0.2) is 6.29 Å². The van der Waals surface area contributed by atoms with Gasteiger partial charge in [0.05, 0.1) is 6.61 Å². The summed E-state index contributed by atoms with van der Waals surface area (Å²) in [6.45, 7) is 8.76. The fourth-order valence-electron chi connectivity index (χ4n) is 2.46. The van der Waals surface area contributed by atoms with Crippen LogP contribution >= 0.6 is 0 Å². The van der Waals surface area contributed by atoms with Crippen LogP contribution in [0.3, 0.4) is 0 Å². The average Bonchev–Trinajstić information content (AvgIpc) is 2.43. The minimum Gasteiger partial charge on any atom is -0.379 e. The van der Waals surface area contributed by atoms with Gasteiger partial charge in [0.25, 0.3) is 0 Å². The van der Waals surface area contributed by atoms with Crippen LogP contribution in [0.15, 0.2) is 0 Å². The van der Waals surface area contributed by atoms with Gasteiger partial charge in [-0.2, -0.15) is 0 Å². The van der Waals surface area contributed by atoms with E-state index in [1.165, 1.54) is 6.92 Å². The quantitative estimate of drug-likeness (QED) is 0.659. The van der Waals surface area contributed by atoms with Crippen molar-refractivity contribution in [2.24, 2.45) is 0 Å². The number of ether oxygens (including phenoxy) is 4. The van der Waals surface area contributed by atoms with E-state index in [1.54, 1.807) is 0 Å². The smallest absolute Gasteiger partial charge is 0.217 e. The van der Waals surface area contributed by atoms with E-state index in [9.17, 15) is 9.90 Å². The first-order valence-corrected chi connectivity index (χ1v) is 7.46. The summed E-state index contributed by atoms with van der Waals surface area (Å²) in [4.78, 5) is 11.3. The second kappa shape index (κ2) is 9.32. The first kappa shape index (κ1) is 18.3. The van der Waals surface area contributed by atoms with Crippen LogP contribution in [0.4, 0.5) is 0 Å². The summed E-state index contributed by atoms with van der Waals surface area (Å²) in [5.74, 6) is -0.258. The van der Waals surface area contributed by atoms with Gasteiger partial charge in [0.2, 0.25) is 5.91 Å². The van der Waals surface area contributed by atoms with Gasteiger partial charge in [-0.25, -0.2) is 0 Å². The number of rotatable bonds is 8. The molecule has 0 spiro atoms. The molecule has 1 rings (SSSR count). The second-order valence-corrected chi connectivity index (χ2v) is 4.79. The molecule has 1 amide bonds. The Hall–Kier alpha value is -0.730. The molecule has 1 fully saturated rings. The molecule has 7 heteroatoms. The van der Waals surface area contributed by atoms with Crippen molar-refractivity contribution in [1.29, 1.82) is 0 Å². The van der Waals surface area contributed by atoms with Gasteiger partial charge in [-0.05, 0) is 20.8 Å². The Balaban J connectivity index is 2.90. The van der Waals surface area contributed by atoms with Gasteiger partial charge in [0.1, 0.15) is 24.4 Å². The maximum Gasteiger partial charge on any atom is 0.217 e. The molecule has 1 aliphatic rings. The first-order chi connectivity index (χ1) is 10.0. The summed E-state index contributed by atoms with van der Waals surface area (Å²) in [5, 5.41) is 12.8. The van der Waals surface area contributed by atoms with Crippen LogP contribution in [0.25, 0.3) is 0 Å². The summed E-state index contributed by atoms with van der Waals surface area (Å²) in [7, 11) is 0. The van der Waals surface area contributed by atoms with Crippen LogP contribution < -0.4 is 5.32 Å². The minimum atomic E-state index is -1.16. The highest BCUT2D eigenvalue weighted by molar-refractivity contribution is 5.73. The molecule has 0 aliphatic carbocycles. The Bertz CT molecular complexity index is 314. The van der Waals surface area contributed by atoms with E-state index in [0.717, 1.165) is 0 Å². The van der Waals surface area contributed by atoms with E-state index in [1.807, 2.05) is 20.8 Å². The van der Waals surface area contributed by atoms with Crippen molar-refractivity contribution < 1.29 is 28.8 Å². The summed E-state index contributed by atoms with van der Waals surface area (Å²) in [6, 6.07) is -0.670. The van der Waals surface area contributed by atoms with Gasteiger partial charge in [-0.15, -0.1) is 0 Å². The van der Waals surface area contributed by atoms with Crippen molar-refractivity contribution >= 4 is 5.91 Å². The van der Waals surface area contributed by atoms with Gasteiger partial charge < -0.3 is 29.4 Å². The molecule has 1 heterocycles. The van der Waals surface area contributed by atoms with Crippen LogP contribution in [0.5, 0.6) is 0 Å². The van der Waals surface area contributed by atoms with E-state index in [-0.39, 0.29) is 5.91 Å². The molecule has 7 nitrogen and oxygen atoms in total. The van der Waals surface area contributed by atoms with Crippen molar-refractivity contribution in [1.82, 2.24) is 5.32 Å². The number of amides is 1. The third kappa shape index (κ3) is 5.19. The molecule has 124 valence electrons. The molecule has 21 heavy (non-hydrogen) atoms. The molecular weight excluding hydrogens is 278 g/mol. The third-order valence-corrected chi connectivity index (χ3v) is 3.24. The van der Waals surface area contributed by atoms with E-state index in [4.69, 9.17) is 18.9 Å². The van der Waals surface area contributed by atoms with E-state index < -0.39 is 30.6 Å². The molecule has 1 saturated heterocycles. The molecule has 0 aromatic rings. The molecule has 0 radical (unpaired) electrons. The third-order valence-electron chi connectivity index (χ3n) is 3.24. The molecule has 2 N–H and O–H groups in total. The van der Waals surface area contributed by atoms with Crippen LogP contribution in [-0.4, -0.2) is 68.1 Å². The van der Waals surface area contributed by atoms with Crippen LogP contribution in [0.1, 0.15) is 27.7 Å². The predicted molar refractivity (Wildman–Crippen MR) is 75.8 cm³/mol. The van der Waals surface area contributed by atoms with Crippen molar-refractivity contribution in [3.8, 4) is 0 Å². The van der Waals surface area contributed by atoms with Crippen molar-refractivity contribution in [2.45, 2.75) is 58.3 Å². The highest BCUT2D eigenvalue weighted by Crippen LogP contribution is 2.25. The molecule has 0 saturated carbocycles. The summed E-state index contributed by atoms with van der Waals surface area (Å²) < 4.78 is 22.4. The molecule has 3 unspecified atom stereocenters. The van der Waals surface area contributed by atoms with Crippen molar-refractivity contribution in [3.05, 3.63) is 0 Å². The van der Waals surface area contributed by atoms with Crippen molar-refractivity contribution in [2.75, 3.05) is 26.4 Å². The Kier molecular flexibility index (Phi) is 8.13.